The lowest BCUT2D eigenvalue weighted by atomic mass is 10.0. The van der Waals surface area contributed by atoms with Crippen molar-refractivity contribution in [3.63, 3.8) is 0 Å². The lowest BCUT2D eigenvalue weighted by Crippen LogP contribution is -2.02. The number of nitrogens with zero attached hydrogens (tertiary/aromatic N) is 3. The summed E-state index contributed by atoms with van der Waals surface area (Å²) in [5.74, 6) is 0. The summed E-state index contributed by atoms with van der Waals surface area (Å²) in [5, 5.41) is 2.50. The number of para-hydroxylation sites is 3. The van der Waals surface area contributed by atoms with Gasteiger partial charge in [0.05, 0.1) is 27.6 Å². The van der Waals surface area contributed by atoms with E-state index >= 15 is 0 Å². The minimum absolute atomic E-state index is 0.845. The summed E-state index contributed by atoms with van der Waals surface area (Å²) in [7, 11) is 0. The Morgan fingerprint density at radius 1 is 0.727 bits per heavy atom. The number of rotatable bonds is 6. The predicted octanol–water partition coefficient (Wildman–Crippen LogP) is 7.67. The zero-order valence-corrected chi connectivity index (χ0v) is 19.0. The van der Waals surface area contributed by atoms with Gasteiger partial charge >= 0.3 is 0 Å². The van der Waals surface area contributed by atoms with E-state index in [1.54, 1.807) is 0 Å². The van der Waals surface area contributed by atoms with Crippen LogP contribution in [0.3, 0.4) is 0 Å². The first-order chi connectivity index (χ1) is 16.3. The van der Waals surface area contributed by atoms with Crippen molar-refractivity contribution in [3.05, 3.63) is 96.1 Å². The van der Waals surface area contributed by atoms with Crippen LogP contribution in [0, 0.1) is 0 Å². The maximum Gasteiger partial charge on any atom is 0.0994 e. The van der Waals surface area contributed by atoms with Gasteiger partial charge in [-0.1, -0.05) is 80.4 Å². The van der Waals surface area contributed by atoms with E-state index in [2.05, 4.69) is 84.3 Å². The number of benzene rings is 4. The van der Waals surface area contributed by atoms with E-state index in [1.165, 1.54) is 52.2 Å². The molecule has 0 aliphatic carbocycles. The van der Waals surface area contributed by atoms with Gasteiger partial charge in [-0.25, -0.2) is 9.97 Å². The van der Waals surface area contributed by atoms with Crippen molar-refractivity contribution in [3.8, 4) is 0 Å². The summed E-state index contributed by atoms with van der Waals surface area (Å²) in [6.07, 6.45) is 4.70. The number of fused-ring (bicyclic) bond motifs is 6. The van der Waals surface area contributed by atoms with Gasteiger partial charge in [0.25, 0.3) is 0 Å². The predicted molar refractivity (Wildman–Crippen MR) is 139 cm³/mol. The van der Waals surface area contributed by atoms with Crippen molar-refractivity contribution >= 4 is 43.9 Å². The van der Waals surface area contributed by atoms with Crippen molar-refractivity contribution < 1.29 is 0 Å². The standard InChI is InChI=1S/C30H27N3/c1-2-3-5-14-22-19-26-29(32-25-17-10-9-16-24(25)31-26)28-23-15-8-11-18-27(23)33(30(22)28)20-21-12-6-4-7-13-21/h4,6-13,15-19H,2-3,5,14,20H2,1H3. The lowest BCUT2D eigenvalue weighted by Gasteiger charge is -2.13. The normalized spacial score (nSPS) is 11.8. The number of hydrogen-bond acceptors (Lipinski definition) is 2. The third kappa shape index (κ3) is 3.45. The molecule has 2 heterocycles. The molecule has 6 rings (SSSR count). The van der Waals surface area contributed by atoms with Crippen LogP contribution in [0.2, 0.25) is 0 Å². The molecule has 0 aliphatic heterocycles. The van der Waals surface area contributed by atoms with Crippen LogP contribution in [0.4, 0.5) is 0 Å². The van der Waals surface area contributed by atoms with Crippen LogP contribution in [0.5, 0.6) is 0 Å². The van der Waals surface area contributed by atoms with E-state index in [-0.39, 0.29) is 0 Å². The van der Waals surface area contributed by atoms with Gasteiger partial charge in [-0.3, -0.25) is 0 Å². The smallest absolute Gasteiger partial charge is 0.0994 e. The Morgan fingerprint density at radius 3 is 2.27 bits per heavy atom. The van der Waals surface area contributed by atoms with E-state index in [4.69, 9.17) is 9.97 Å². The zero-order chi connectivity index (χ0) is 22.2. The lowest BCUT2D eigenvalue weighted by molar-refractivity contribution is 0.717. The average molecular weight is 430 g/mol. The molecule has 0 bridgehead atoms. The minimum atomic E-state index is 0.845. The molecular weight excluding hydrogens is 402 g/mol. The second kappa shape index (κ2) is 8.32. The monoisotopic (exact) mass is 429 g/mol. The van der Waals surface area contributed by atoms with E-state index in [9.17, 15) is 0 Å². The van der Waals surface area contributed by atoms with Crippen molar-refractivity contribution in [2.24, 2.45) is 0 Å². The van der Waals surface area contributed by atoms with Gasteiger partial charge in [0.1, 0.15) is 0 Å². The molecule has 0 aliphatic rings. The van der Waals surface area contributed by atoms with Crippen LogP contribution in [-0.2, 0) is 13.0 Å². The molecule has 0 spiro atoms. The van der Waals surface area contributed by atoms with Gasteiger partial charge in [-0.2, -0.15) is 0 Å². The van der Waals surface area contributed by atoms with E-state index < -0.39 is 0 Å². The molecule has 3 nitrogen and oxygen atoms in total. The molecule has 0 radical (unpaired) electrons. The van der Waals surface area contributed by atoms with Gasteiger partial charge < -0.3 is 4.57 Å². The summed E-state index contributed by atoms with van der Waals surface area (Å²) in [6, 6.07) is 30.0. The fourth-order valence-corrected chi connectivity index (χ4v) is 5.09. The Morgan fingerprint density at radius 2 is 1.45 bits per heavy atom. The first-order valence-corrected chi connectivity index (χ1v) is 12.0. The minimum Gasteiger partial charge on any atom is -0.336 e. The van der Waals surface area contributed by atoms with Crippen molar-refractivity contribution in [1.82, 2.24) is 14.5 Å². The summed E-state index contributed by atoms with van der Waals surface area (Å²) < 4.78 is 2.50. The van der Waals surface area contributed by atoms with Crippen LogP contribution >= 0.6 is 0 Å². The summed E-state index contributed by atoms with van der Waals surface area (Å²) in [6.45, 7) is 3.11. The molecule has 2 aromatic heterocycles. The second-order valence-corrected chi connectivity index (χ2v) is 8.89. The van der Waals surface area contributed by atoms with Gasteiger partial charge in [0, 0.05) is 22.8 Å². The maximum absolute atomic E-state index is 5.14. The Labute approximate surface area is 193 Å². The average Bonchev–Trinajstić information content (AvgIpc) is 3.18. The SMILES string of the molecule is CCCCCc1cc2nc3ccccc3nc2c2c3ccccc3n(Cc3ccccc3)c12. The van der Waals surface area contributed by atoms with E-state index in [0.29, 0.717) is 0 Å². The van der Waals surface area contributed by atoms with Crippen LogP contribution in [0.1, 0.15) is 37.3 Å². The molecule has 0 saturated carbocycles. The molecule has 0 atom stereocenters. The fourth-order valence-electron chi connectivity index (χ4n) is 5.09. The highest BCUT2D eigenvalue weighted by Crippen LogP contribution is 2.37. The van der Waals surface area contributed by atoms with Gasteiger partial charge in [0.2, 0.25) is 0 Å². The molecule has 0 fully saturated rings. The van der Waals surface area contributed by atoms with Crippen LogP contribution in [-0.4, -0.2) is 14.5 Å². The summed E-state index contributed by atoms with van der Waals surface area (Å²) >= 11 is 0. The molecule has 3 heteroatoms. The molecule has 0 unspecified atom stereocenters. The van der Waals surface area contributed by atoms with E-state index in [1.807, 2.05) is 12.1 Å². The molecule has 33 heavy (non-hydrogen) atoms. The fraction of sp³-hybridized carbons (Fsp3) is 0.200. The van der Waals surface area contributed by atoms with Gasteiger partial charge in [-0.05, 0) is 48.2 Å². The largest absolute Gasteiger partial charge is 0.336 e. The van der Waals surface area contributed by atoms with Gasteiger partial charge in [-0.15, -0.1) is 0 Å². The Bertz CT molecular complexity index is 1600. The zero-order valence-electron chi connectivity index (χ0n) is 19.0. The molecule has 0 saturated heterocycles. The number of aromatic nitrogens is 3. The Hall–Kier alpha value is -3.72. The highest BCUT2D eigenvalue weighted by atomic mass is 15.0. The Balaban J connectivity index is 1.72. The first kappa shape index (κ1) is 19.9. The van der Waals surface area contributed by atoms with Gasteiger partial charge in [0.15, 0.2) is 0 Å². The highest BCUT2D eigenvalue weighted by molar-refractivity contribution is 6.20. The van der Waals surface area contributed by atoms with Crippen LogP contribution in [0.25, 0.3) is 43.9 Å². The summed E-state index contributed by atoms with van der Waals surface area (Å²) in [5.41, 5.74) is 9.17. The number of aryl methyl sites for hydroxylation is 1. The van der Waals surface area contributed by atoms with Crippen molar-refractivity contribution in [1.29, 1.82) is 0 Å². The maximum atomic E-state index is 5.14. The summed E-state index contributed by atoms with van der Waals surface area (Å²) in [4.78, 5) is 10.2. The number of hydrogen-bond donors (Lipinski definition) is 0. The first-order valence-electron chi connectivity index (χ1n) is 12.0. The third-order valence-electron chi connectivity index (χ3n) is 6.65. The third-order valence-corrected chi connectivity index (χ3v) is 6.65. The topological polar surface area (TPSA) is 30.7 Å². The second-order valence-electron chi connectivity index (χ2n) is 8.89. The molecule has 0 amide bonds. The quantitative estimate of drug-likeness (QED) is 0.201. The molecule has 4 aromatic carbocycles. The van der Waals surface area contributed by atoms with E-state index in [0.717, 1.165) is 35.0 Å². The van der Waals surface area contributed by atoms with Crippen LogP contribution < -0.4 is 0 Å². The van der Waals surface area contributed by atoms with Crippen molar-refractivity contribution in [2.75, 3.05) is 0 Å². The molecule has 6 aromatic rings. The Kier molecular flexibility index (Phi) is 5.03. The van der Waals surface area contributed by atoms with Crippen LogP contribution in [0.15, 0.2) is 84.9 Å². The molecule has 162 valence electrons. The highest BCUT2D eigenvalue weighted by Gasteiger charge is 2.19. The molecular formula is C30H27N3. The number of unbranched alkanes of at least 4 members (excludes halogenated alkanes) is 2. The molecule has 0 N–H and O–H groups in total. The van der Waals surface area contributed by atoms with Crippen molar-refractivity contribution in [2.45, 2.75) is 39.2 Å².